The first-order valence-electron chi connectivity index (χ1n) is 8.41. The van der Waals surface area contributed by atoms with Crippen molar-refractivity contribution >= 4 is 5.91 Å². The summed E-state index contributed by atoms with van der Waals surface area (Å²) in [5.74, 6) is 2.08. The fraction of sp³-hybridized carbons (Fsp3) is 0.350. The van der Waals surface area contributed by atoms with Gasteiger partial charge in [-0.25, -0.2) is 0 Å². The molecule has 0 spiro atoms. The fourth-order valence-electron chi connectivity index (χ4n) is 2.16. The average molecular weight is 343 g/mol. The maximum Gasteiger partial charge on any atom is 0.258 e. The summed E-state index contributed by atoms with van der Waals surface area (Å²) < 4.78 is 16.4. The van der Waals surface area contributed by atoms with Crippen molar-refractivity contribution in [2.75, 3.05) is 26.4 Å². The minimum absolute atomic E-state index is 0.00838. The maximum absolute atomic E-state index is 11.8. The summed E-state index contributed by atoms with van der Waals surface area (Å²) in [7, 11) is 0. The van der Waals surface area contributed by atoms with Crippen molar-refractivity contribution in [3.63, 3.8) is 0 Å². The van der Waals surface area contributed by atoms with E-state index in [1.807, 2.05) is 63.2 Å². The number of rotatable bonds is 9. The number of amides is 1. The number of carbonyl (C=O) groups excluding carboxylic acids is 1. The smallest absolute Gasteiger partial charge is 0.258 e. The third-order valence-electron chi connectivity index (χ3n) is 3.68. The molecular weight excluding hydrogens is 318 g/mol. The molecule has 0 saturated heterocycles. The Balaban J connectivity index is 1.64. The summed E-state index contributed by atoms with van der Waals surface area (Å²) in [5, 5.41) is 2.77. The van der Waals surface area contributed by atoms with E-state index in [9.17, 15) is 4.79 Å². The van der Waals surface area contributed by atoms with Crippen LogP contribution in [0.2, 0.25) is 0 Å². The molecule has 0 heterocycles. The van der Waals surface area contributed by atoms with Gasteiger partial charge in [-0.3, -0.25) is 4.79 Å². The van der Waals surface area contributed by atoms with E-state index in [4.69, 9.17) is 14.2 Å². The van der Waals surface area contributed by atoms with Crippen molar-refractivity contribution in [3.8, 4) is 17.2 Å². The molecule has 2 rings (SSSR count). The van der Waals surface area contributed by atoms with Crippen LogP contribution >= 0.6 is 0 Å². The molecule has 0 bridgehead atoms. The predicted octanol–water partition coefficient (Wildman–Crippen LogP) is 3.28. The van der Waals surface area contributed by atoms with Gasteiger partial charge in [-0.1, -0.05) is 6.07 Å². The largest absolute Gasteiger partial charge is 0.494 e. The van der Waals surface area contributed by atoms with Crippen LogP contribution < -0.4 is 19.5 Å². The third kappa shape index (κ3) is 6.37. The molecule has 0 atom stereocenters. The highest BCUT2D eigenvalue weighted by Crippen LogP contribution is 2.17. The van der Waals surface area contributed by atoms with E-state index in [1.54, 1.807) is 0 Å². The Morgan fingerprint density at radius 3 is 2.16 bits per heavy atom. The fourth-order valence-corrected chi connectivity index (χ4v) is 2.16. The second kappa shape index (κ2) is 9.57. The van der Waals surface area contributed by atoms with Crippen LogP contribution in [-0.4, -0.2) is 32.3 Å². The van der Waals surface area contributed by atoms with Crippen molar-refractivity contribution in [3.05, 3.63) is 53.6 Å². The summed E-state index contributed by atoms with van der Waals surface area (Å²) in [4.78, 5) is 11.8. The second-order valence-electron chi connectivity index (χ2n) is 5.64. The minimum atomic E-state index is -0.173. The van der Waals surface area contributed by atoms with Crippen molar-refractivity contribution < 1.29 is 19.0 Å². The van der Waals surface area contributed by atoms with Gasteiger partial charge >= 0.3 is 0 Å². The molecule has 2 aromatic carbocycles. The SMILES string of the molecule is CCOc1ccc(OCCNC(=O)COc2ccc(C)c(C)c2)cc1. The molecule has 2 aromatic rings. The Morgan fingerprint density at radius 2 is 1.52 bits per heavy atom. The van der Waals surface area contributed by atoms with E-state index >= 15 is 0 Å². The van der Waals surface area contributed by atoms with Crippen LogP contribution in [0.1, 0.15) is 18.1 Å². The monoisotopic (exact) mass is 343 g/mol. The Morgan fingerprint density at radius 1 is 0.880 bits per heavy atom. The Labute approximate surface area is 148 Å². The van der Waals surface area contributed by atoms with Gasteiger partial charge in [0.2, 0.25) is 0 Å². The van der Waals surface area contributed by atoms with Crippen molar-refractivity contribution in [1.82, 2.24) is 5.32 Å². The summed E-state index contributed by atoms with van der Waals surface area (Å²) in [6.45, 7) is 7.43. The highest BCUT2D eigenvalue weighted by atomic mass is 16.5. The van der Waals surface area contributed by atoms with Crippen LogP contribution in [0.25, 0.3) is 0 Å². The van der Waals surface area contributed by atoms with Crippen LogP contribution in [0.3, 0.4) is 0 Å². The predicted molar refractivity (Wildman–Crippen MR) is 97.5 cm³/mol. The van der Waals surface area contributed by atoms with Crippen LogP contribution in [0, 0.1) is 13.8 Å². The molecule has 0 fully saturated rings. The van der Waals surface area contributed by atoms with Crippen LogP contribution in [-0.2, 0) is 4.79 Å². The standard InChI is InChI=1S/C20H25NO4/c1-4-23-17-7-9-18(10-8-17)24-12-11-21-20(22)14-25-19-6-5-15(2)16(3)13-19/h5-10,13H,4,11-12,14H2,1-3H3,(H,21,22). The van der Waals surface area contributed by atoms with Gasteiger partial charge in [0.05, 0.1) is 13.2 Å². The maximum atomic E-state index is 11.8. The van der Waals surface area contributed by atoms with Gasteiger partial charge in [0.25, 0.3) is 5.91 Å². The van der Waals surface area contributed by atoms with Gasteiger partial charge < -0.3 is 19.5 Å². The zero-order chi connectivity index (χ0) is 18.1. The van der Waals surface area contributed by atoms with Crippen molar-refractivity contribution in [2.45, 2.75) is 20.8 Å². The van der Waals surface area contributed by atoms with Gasteiger partial charge in [0.1, 0.15) is 23.9 Å². The zero-order valence-electron chi connectivity index (χ0n) is 15.0. The van der Waals surface area contributed by atoms with Gasteiger partial charge in [0, 0.05) is 0 Å². The molecule has 5 heteroatoms. The molecule has 134 valence electrons. The van der Waals surface area contributed by atoms with E-state index in [0.717, 1.165) is 17.1 Å². The van der Waals surface area contributed by atoms with Gasteiger partial charge in [-0.15, -0.1) is 0 Å². The molecule has 0 saturated carbocycles. The van der Waals surface area contributed by atoms with E-state index in [-0.39, 0.29) is 12.5 Å². The number of hydrogen-bond acceptors (Lipinski definition) is 4. The molecule has 0 radical (unpaired) electrons. The number of hydrogen-bond donors (Lipinski definition) is 1. The molecule has 0 aliphatic heterocycles. The van der Waals surface area contributed by atoms with Crippen LogP contribution in [0.15, 0.2) is 42.5 Å². The molecule has 5 nitrogen and oxygen atoms in total. The lowest BCUT2D eigenvalue weighted by Crippen LogP contribution is -2.32. The molecular formula is C20H25NO4. The van der Waals surface area contributed by atoms with Crippen molar-refractivity contribution in [1.29, 1.82) is 0 Å². The summed E-state index contributed by atoms with van der Waals surface area (Å²) in [6, 6.07) is 13.2. The molecule has 25 heavy (non-hydrogen) atoms. The normalized spacial score (nSPS) is 10.2. The highest BCUT2D eigenvalue weighted by molar-refractivity contribution is 5.77. The van der Waals surface area contributed by atoms with Crippen LogP contribution in [0.4, 0.5) is 0 Å². The summed E-state index contributed by atoms with van der Waals surface area (Å²) >= 11 is 0. The summed E-state index contributed by atoms with van der Waals surface area (Å²) in [6.07, 6.45) is 0. The third-order valence-corrected chi connectivity index (χ3v) is 3.68. The molecule has 1 amide bonds. The first-order valence-corrected chi connectivity index (χ1v) is 8.41. The number of ether oxygens (including phenoxy) is 3. The van der Waals surface area contributed by atoms with Gasteiger partial charge in [-0.2, -0.15) is 0 Å². The summed E-state index contributed by atoms with van der Waals surface area (Å²) in [5.41, 5.74) is 2.34. The topological polar surface area (TPSA) is 56.8 Å². The molecule has 0 aliphatic rings. The van der Waals surface area contributed by atoms with Gasteiger partial charge in [-0.05, 0) is 68.3 Å². The lowest BCUT2D eigenvalue weighted by Gasteiger charge is -2.10. The Hall–Kier alpha value is -2.69. The van der Waals surface area contributed by atoms with E-state index in [2.05, 4.69) is 5.32 Å². The number of benzene rings is 2. The average Bonchev–Trinajstić information content (AvgIpc) is 2.61. The zero-order valence-corrected chi connectivity index (χ0v) is 15.0. The lowest BCUT2D eigenvalue weighted by molar-refractivity contribution is -0.123. The van der Waals surface area contributed by atoms with E-state index in [1.165, 1.54) is 5.56 Å². The Bertz CT molecular complexity index is 683. The number of nitrogens with one attached hydrogen (secondary N) is 1. The first-order chi connectivity index (χ1) is 12.1. The van der Waals surface area contributed by atoms with E-state index in [0.29, 0.717) is 25.5 Å². The molecule has 1 N–H and O–H groups in total. The lowest BCUT2D eigenvalue weighted by atomic mass is 10.1. The number of carbonyl (C=O) groups is 1. The minimum Gasteiger partial charge on any atom is -0.494 e. The van der Waals surface area contributed by atoms with Crippen LogP contribution in [0.5, 0.6) is 17.2 Å². The molecule has 0 aliphatic carbocycles. The van der Waals surface area contributed by atoms with E-state index < -0.39 is 0 Å². The number of aryl methyl sites for hydroxylation is 2. The highest BCUT2D eigenvalue weighted by Gasteiger charge is 2.04. The first kappa shape index (κ1) is 18.6. The van der Waals surface area contributed by atoms with Gasteiger partial charge in [0.15, 0.2) is 6.61 Å². The molecule has 0 aromatic heterocycles. The second-order valence-corrected chi connectivity index (χ2v) is 5.64. The molecule has 0 unspecified atom stereocenters. The quantitative estimate of drug-likeness (QED) is 0.710. The Kier molecular flexibility index (Phi) is 7.14. The van der Waals surface area contributed by atoms with Crippen molar-refractivity contribution in [2.24, 2.45) is 0 Å².